The van der Waals surface area contributed by atoms with Gasteiger partial charge in [0.05, 0.1) is 6.54 Å². The molecule has 5 heteroatoms. The van der Waals surface area contributed by atoms with E-state index < -0.39 is 0 Å². The summed E-state index contributed by atoms with van der Waals surface area (Å²) in [7, 11) is 0. The normalized spacial score (nSPS) is 15.9. The summed E-state index contributed by atoms with van der Waals surface area (Å²) in [4.78, 5) is 17.0. The first-order valence-corrected chi connectivity index (χ1v) is 9.44. The number of amides is 1. The zero-order chi connectivity index (χ0) is 17.6. The minimum atomic E-state index is 0.0573. The molecule has 4 nitrogen and oxygen atoms in total. The third-order valence-corrected chi connectivity index (χ3v) is 5.04. The third-order valence-electron chi connectivity index (χ3n) is 4.54. The molecule has 0 unspecified atom stereocenters. The molecule has 0 radical (unpaired) electrons. The second kappa shape index (κ2) is 8.61. The highest BCUT2D eigenvalue weighted by Crippen LogP contribution is 2.20. The monoisotopic (exact) mass is 401 g/mol. The minimum absolute atomic E-state index is 0.0573. The maximum atomic E-state index is 12.3. The van der Waals surface area contributed by atoms with Gasteiger partial charge in [-0.15, -0.1) is 0 Å². The standard InChI is InChI=1S/C20H24BrN3O/c1-16-13-18(21)7-8-19(16)22-20(25)15-24-11-9-23(10-12-24)14-17-5-3-2-4-6-17/h2-8,13H,9-12,14-15H2,1H3,(H,22,25). The van der Waals surface area contributed by atoms with Crippen molar-refractivity contribution in [2.45, 2.75) is 13.5 Å². The Hall–Kier alpha value is -1.69. The van der Waals surface area contributed by atoms with Gasteiger partial charge in [-0.1, -0.05) is 46.3 Å². The van der Waals surface area contributed by atoms with Crippen LogP contribution in [0.5, 0.6) is 0 Å². The lowest BCUT2D eigenvalue weighted by Gasteiger charge is -2.34. The largest absolute Gasteiger partial charge is 0.325 e. The average Bonchev–Trinajstić information content (AvgIpc) is 2.60. The fourth-order valence-corrected chi connectivity index (χ4v) is 3.58. The van der Waals surface area contributed by atoms with Gasteiger partial charge in [-0.25, -0.2) is 0 Å². The van der Waals surface area contributed by atoms with E-state index in [1.807, 2.05) is 31.2 Å². The Morgan fingerprint density at radius 2 is 1.72 bits per heavy atom. The summed E-state index contributed by atoms with van der Waals surface area (Å²) in [6, 6.07) is 16.5. The first-order chi connectivity index (χ1) is 12.1. The lowest BCUT2D eigenvalue weighted by atomic mass is 10.2. The third kappa shape index (κ3) is 5.39. The first kappa shape index (κ1) is 18.1. The van der Waals surface area contributed by atoms with E-state index in [9.17, 15) is 4.79 Å². The zero-order valence-corrected chi connectivity index (χ0v) is 16.1. The molecule has 0 aromatic heterocycles. The molecule has 0 bridgehead atoms. The SMILES string of the molecule is Cc1cc(Br)ccc1NC(=O)CN1CCN(Cc2ccccc2)CC1. The minimum Gasteiger partial charge on any atom is -0.325 e. The number of hydrogen-bond donors (Lipinski definition) is 1. The molecular formula is C20H24BrN3O. The summed E-state index contributed by atoms with van der Waals surface area (Å²) in [6.45, 7) is 7.30. The molecule has 0 saturated carbocycles. The fraction of sp³-hybridized carbons (Fsp3) is 0.350. The van der Waals surface area contributed by atoms with E-state index in [1.165, 1.54) is 5.56 Å². The molecule has 3 rings (SSSR count). The summed E-state index contributed by atoms with van der Waals surface area (Å²) < 4.78 is 1.03. The van der Waals surface area contributed by atoms with Crippen LogP contribution in [0.25, 0.3) is 0 Å². The molecule has 0 atom stereocenters. The molecule has 1 aliphatic rings. The van der Waals surface area contributed by atoms with Crippen LogP contribution in [0.1, 0.15) is 11.1 Å². The number of rotatable bonds is 5. The van der Waals surface area contributed by atoms with Crippen molar-refractivity contribution < 1.29 is 4.79 Å². The number of anilines is 1. The van der Waals surface area contributed by atoms with Gasteiger partial charge in [-0.3, -0.25) is 14.6 Å². The number of carbonyl (C=O) groups excluding carboxylic acids is 1. The quantitative estimate of drug-likeness (QED) is 0.832. The molecule has 1 saturated heterocycles. The number of hydrogen-bond acceptors (Lipinski definition) is 3. The van der Waals surface area contributed by atoms with E-state index in [0.29, 0.717) is 6.54 Å². The van der Waals surface area contributed by atoms with Gasteiger partial charge in [0.25, 0.3) is 0 Å². The van der Waals surface area contributed by atoms with Gasteiger partial charge in [0.1, 0.15) is 0 Å². The van der Waals surface area contributed by atoms with E-state index in [4.69, 9.17) is 0 Å². The molecule has 1 heterocycles. The molecule has 25 heavy (non-hydrogen) atoms. The van der Waals surface area contributed by atoms with Gasteiger partial charge in [0.2, 0.25) is 5.91 Å². The Kier molecular flexibility index (Phi) is 6.24. The maximum Gasteiger partial charge on any atom is 0.238 e. The average molecular weight is 402 g/mol. The van der Waals surface area contributed by atoms with Crippen LogP contribution < -0.4 is 5.32 Å². The number of halogens is 1. The Bertz CT molecular complexity index is 712. The molecule has 1 fully saturated rings. The van der Waals surface area contributed by atoms with Crippen molar-refractivity contribution in [2.24, 2.45) is 0 Å². The number of aryl methyl sites for hydroxylation is 1. The Morgan fingerprint density at radius 1 is 1.04 bits per heavy atom. The van der Waals surface area contributed by atoms with E-state index >= 15 is 0 Å². The van der Waals surface area contributed by atoms with Gasteiger partial charge in [-0.05, 0) is 36.2 Å². The van der Waals surface area contributed by atoms with Crippen LogP contribution in [-0.2, 0) is 11.3 Å². The summed E-state index contributed by atoms with van der Waals surface area (Å²) in [5.41, 5.74) is 3.30. The lowest BCUT2D eigenvalue weighted by Crippen LogP contribution is -2.48. The lowest BCUT2D eigenvalue weighted by molar-refractivity contribution is -0.117. The Morgan fingerprint density at radius 3 is 2.40 bits per heavy atom. The second-order valence-corrected chi connectivity index (χ2v) is 7.46. The molecule has 1 N–H and O–H groups in total. The highest BCUT2D eigenvalue weighted by molar-refractivity contribution is 9.10. The van der Waals surface area contributed by atoms with E-state index in [1.54, 1.807) is 0 Å². The molecule has 0 spiro atoms. The zero-order valence-electron chi connectivity index (χ0n) is 14.5. The summed E-state index contributed by atoms with van der Waals surface area (Å²) in [5, 5.41) is 3.02. The summed E-state index contributed by atoms with van der Waals surface area (Å²) in [5.74, 6) is 0.0573. The molecule has 1 aliphatic heterocycles. The van der Waals surface area contributed by atoms with Crippen LogP contribution in [0.2, 0.25) is 0 Å². The molecule has 0 aliphatic carbocycles. The van der Waals surface area contributed by atoms with Crippen molar-refractivity contribution in [1.82, 2.24) is 9.80 Å². The highest BCUT2D eigenvalue weighted by atomic mass is 79.9. The van der Waals surface area contributed by atoms with Crippen molar-refractivity contribution in [1.29, 1.82) is 0 Å². The second-order valence-electron chi connectivity index (χ2n) is 6.55. The maximum absolute atomic E-state index is 12.3. The van der Waals surface area contributed by atoms with E-state index in [2.05, 4.69) is 55.3 Å². The fourth-order valence-electron chi connectivity index (χ4n) is 3.11. The number of benzene rings is 2. The van der Waals surface area contributed by atoms with Gasteiger partial charge in [-0.2, -0.15) is 0 Å². The highest BCUT2D eigenvalue weighted by Gasteiger charge is 2.19. The van der Waals surface area contributed by atoms with Gasteiger partial charge in [0, 0.05) is 42.9 Å². The number of piperazine rings is 1. The molecule has 1 amide bonds. The predicted octanol–water partition coefficient (Wildman–Crippen LogP) is 3.51. The topological polar surface area (TPSA) is 35.6 Å². The smallest absolute Gasteiger partial charge is 0.238 e. The summed E-state index contributed by atoms with van der Waals surface area (Å²) >= 11 is 3.45. The summed E-state index contributed by atoms with van der Waals surface area (Å²) in [6.07, 6.45) is 0. The van der Waals surface area contributed by atoms with Gasteiger partial charge < -0.3 is 5.32 Å². The molecule has 132 valence electrons. The molecule has 2 aromatic carbocycles. The van der Waals surface area contributed by atoms with Crippen molar-refractivity contribution in [3.05, 3.63) is 64.1 Å². The Labute approximate surface area is 158 Å². The van der Waals surface area contributed by atoms with E-state index in [0.717, 1.165) is 48.4 Å². The van der Waals surface area contributed by atoms with Crippen LogP contribution in [-0.4, -0.2) is 48.4 Å². The van der Waals surface area contributed by atoms with Crippen LogP contribution in [0.3, 0.4) is 0 Å². The van der Waals surface area contributed by atoms with Crippen LogP contribution in [0.4, 0.5) is 5.69 Å². The molecular weight excluding hydrogens is 378 g/mol. The predicted molar refractivity (Wildman–Crippen MR) is 106 cm³/mol. The number of carbonyl (C=O) groups is 1. The molecule has 2 aromatic rings. The van der Waals surface area contributed by atoms with Gasteiger partial charge >= 0.3 is 0 Å². The van der Waals surface area contributed by atoms with Crippen molar-refractivity contribution in [3.63, 3.8) is 0 Å². The van der Waals surface area contributed by atoms with Crippen LogP contribution in [0, 0.1) is 6.92 Å². The Balaban J connectivity index is 1.44. The van der Waals surface area contributed by atoms with Crippen LogP contribution in [0.15, 0.2) is 53.0 Å². The number of nitrogens with one attached hydrogen (secondary N) is 1. The van der Waals surface area contributed by atoms with Crippen molar-refractivity contribution >= 4 is 27.5 Å². The first-order valence-electron chi connectivity index (χ1n) is 8.65. The van der Waals surface area contributed by atoms with Gasteiger partial charge in [0.15, 0.2) is 0 Å². The van der Waals surface area contributed by atoms with Crippen molar-refractivity contribution in [2.75, 3.05) is 38.0 Å². The van der Waals surface area contributed by atoms with E-state index in [-0.39, 0.29) is 5.91 Å². The van der Waals surface area contributed by atoms with Crippen LogP contribution >= 0.6 is 15.9 Å². The number of nitrogens with zero attached hydrogens (tertiary/aromatic N) is 2. The van der Waals surface area contributed by atoms with Crippen molar-refractivity contribution in [3.8, 4) is 0 Å².